The highest BCUT2D eigenvalue weighted by atomic mass is 32.2. The summed E-state index contributed by atoms with van der Waals surface area (Å²) in [4.78, 5) is 12.2. The first-order valence-corrected chi connectivity index (χ1v) is 11.2. The minimum atomic E-state index is -4.24. The van der Waals surface area contributed by atoms with Crippen molar-refractivity contribution >= 4 is 21.6 Å². The van der Waals surface area contributed by atoms with Crippen LogP contribution in [0.1, 0.15) is 33.9 Å². The van der Waals surface area contributed by atoms with E-state index in [1.54, 1.807) is 12.1 Å². The van der Waals surface area contributed by atoms with E-state index in [4.69, 9.17) is 4.74 Å². The lowest BCUT2D eigenvalue weighted by Gasteiger charge is -2.15. The number of sulfonamides is 1. The fraction of sp³-hybridized carbons (Fsp3) is 0.174. The van der Waals surface area contributed by atoms with E-state index >= 15 is 0 Å². The molecular weight excluding hydrogens is 419 g/mol. The second kappa shape index (κ2) is 8.39. The molecule has 0 fully saturated rings. The average Bonchev–Trinajstić information content (AvgIpc) is 3.17. The van der Waals surface area contributed by atoms with E-state index < -0.39 is 26.6 Å². The number of fused-ring (bicyclic) bond motifs is 1. The third-order valence-electron chi connectivity index (χ3n) is 5.26. The molecule has 1 aliphatic carbocycles. The topological polar surface area (TPSA) is 84.5 Å². The summed E-state index contributed by atoms with van der Waals surface area (Å²) in [7, 11) is -2.75. The molecule has 0 spiro atoms. The van der Waals surface area contributed by atoms with Gasteiger partial charge in [0.05, 0.1) is 13.2 Å². The van der Waals surface area contributed by atoms with E-state index in [0.717, 1.165) is 30.5 Å². The predicted octanol–water partition coefficient (Wildman–Crippen LogP) is 4.05. The van der Waals surface area contributed by atoms with Crippen LogP contribution in [0.4, 0.5) is 10.1 Å². The van der Waals surface area contributed by atoms with E-state index in [1.807, 2.05) is 24.3 Å². The summed E-state index contributed by atoms with van der Waals surface area (Å²) in [5.41, 5.74) is 2.55. The van der Waals surface area contributed by atoms with Gasteiger partial charge < -0.3 is 10.1 Å². The van der Waals surface area contributed by atoms with Gasteiger partial charge in [-0.1, -0.05) is 24.3 Å². The standard InChI is InChI=1S/C23H21FN2O4S/c1-30-18-10-8-17(9-11-18)26-31(28,29)22-14-16(6-12-20(22)24)23(27)25-21-13-7-15-4-2-3-5-19(15)21/h2-6,8-12,14,21,26H,7,13H2,1H3,(H,25,27). The molecule has 4 rings (SSSR count). The van der Waals surface area contributed by atoms with Gasteiger partial charge in [0.2, 0.25) is 0 Å². The van der Waals surface area contributed by atoms with Gasteiger partial charge in [0.15, 0.2) is 0 Å². The Labute approximate surface area is 180 Å². The number of ether oxygens (including phenoxy) is 1. The van der Waals surface area contributed by atoms with Crippen molar-refractivity contribution < 1.29 is 22.3 Å². The van der Waals surface area contributed by atoms with Gasteiger partial charge in [-0.15, -0.1) is 0 Å². The Morgan fingerprint density at radius 2 is 1.81 bits per heavy atom. The second-order valence-corrected chi connectivity index (χ2v) is 8.89. The maximum Gasteiger partial charge on any atom is 0.264 e. The number of hydrogen-bond acceptors (Lipinski definition) is 4. The Morgan fingerprint density at radius 3 is 2.55 bits per heavy atom. The number of carbonyl (C=O) groups excluding carboxylic acids is 1. The molecule has 0 aromatic heterocycles. The summed E-state index contributed by atoms with van der Waals surface area (Å²) in [6, 6.07) is 17.2. The Balaban J connectivity index is 1.55. The van der Waals surface area contributed by atoms with Crippen LogP contribution in [0, 0.1) is 5.82 Å². The van der Waals surface area contributed by atoms with E-state index in [2.05, 4.69) is 10.0 Å². The maximum atomic E-state index is 14.4. The average molecular weight is 440 g/mol. The summed E-state index contributed by atoms with van der Waals surface area (Å²) in [5.74, 6) is -0.840. The number of benzene rings is 3. The molecule has 1 amide bonds. The third-order valence-corrected chi connectivity index (χ3v) is 6.66. The molecule has 1 unspecified atom stereocenters. The third kappa shape index (κ3) is 4.39. The van der Waals surface area contributed by atoms with Gasteiger partial charge in [-0.2, -0.15) is 0 Å². The number of aryl methyl sites for hydroxylation is 1. The van der Waals surface area contributed by atoms with Gasteiger partial charge in [0, 0.05) is 11.3 Å². The maximum absolute atomic E-state index is 14.4. The Bertz CT molecular complexity index is 1230. The molecule has 0 saturated heterocycles. The monoisotopic (exact) mass is 440 g/mol. The van der Waals surface area contributed by atoms with E-state index in [1.165, 1.54) is 30.9 Å². The fourth-order valence-electron chi connectivity index (χ4n) is 3.67. The van der Waals surface area contributed by atoms with Gasteiger partial charge in [-0.05, 0) is 66.4 Å². The van der Waals surface area contributed by atoms with Crippen LogP contribution in [0.5, 0.6) is 5.75 Å². The van der Waals surface area contributed by atoms with E-state index in [0.29, 0.717) is 5.75 Å². The number of carbonyl (C=O) groups is 1. The molecular formula is C23H21FN2O4S. The molecule has 3 aromatic carbocycles. The number of nitrogens with one attached hydrogen (secondary N) is 2. The van der Waals surface area contributed by atoms with Crippen LogP contribution in [0.15, 0.2) is 71.6 Å². The van der Waals surface area contributed by atoms with E-state index in [-0.39, 0.29) is 17.3 Å². The number of hydrogen-bond donors (Lipinski definition) is 2. The minimum Gasteiger partial charge on any atom is -0.497 e. The Kier molecular flexibility index (Phi) is 5.65. The molecule has 2 N–H and O–H groups in total. The van der Waals surface area contributed by atoms with Gasteiger partial charge >= 0.3 is 0 Å². The molecule has 0 aliphatic heterocycles. The number of rotatable bonds is 6. The van der Waals surface area contributed by atoms with Gasteiger partial charge in [0.25, 0.3) is 15.9 Å². The van der Waals surface area contributed by atoms with Crippen LogP contribution >= 0.6 is 0 Å². The van der Waals surface area contributed by atoms with Gasteiger partial charge in [-0.25, -0.2) is 12.8 Å². The van der Waals surface area contributed by atoms with Crippen molar-refractivity contribution in [3.63, 3.8) is 0 Å². The first-order chi connectivity index (χ1) is 14.9. The highest BCUT2D eigenvalue weighted by molar-refractivity contribution is 7.92. The quantitative estimate of drug-likeness (QED) is 0.606. The lowest BCUT2D eigenvalue weighted by atomic mass is 10.1. The molecule has 0 bridgehead atoms. The van der Waals surface area contributed by atoms with Crippen LogP contribution in [-0.2, 0) is 16.4 Å². The number of amides is 1. The smallest absolute Gasteiger partial charge is 0.264 e. The Morgan fingerprint density at radius 1 is 1.06 bits per heavy atom. The van der Waals surface area contributed by atoms with Gasteiger partial charge in [-0.3, -0.25) is 9.52 Å². The summed E-state index contributed by atoms with van der Waals surface area (Å²) in [6.07, 6.45) is 1.62. The van der Waals surface area contributed by atoms with Gasteiger partial charge in [0.1, 0.15) is 16.5 Å². The zero-order chi connectivity index (χ0) is 22.0. The summed E-state index contributed by atoms with van der Waals surface area (Å²) < 4.78 is 47.2. The largest absolute Gasteiger partial charge is 0.497 e. The van der Waals surface area contributed by atoms with Crippen LogP contribution in [0.2, 0.25) is 0 Å². The first-order valence-electron chi connectivity index (χ1n) is 9.72. The predicted molar refractivity (Wildman–Crippen MR) is 115 cm³/mol. The minimum absolute atomic E-state index is 0.0703. The van der Waals surface area contributed by atoms with Crippen molar-refractivity contribution in [2.75, 3.05) is 11.8 Å². The number of anilines is 1. The van der Waals surface area contributed by atoms with Crippen molar-refractivity contribution in [1.82, 2.24) is 5.32 Å². The summed E-state index contributed by atoms with van der Waals surface area (Å²) >= 11 is 0. The highest BCUT2D eigenvalue weighted by Crippen LogP contribution is 2.31. The molecule has 0 radical (unpaired) electrons. The number of halogens is 1. The molecule has 1 aliphatic rings. The van der Waals surface area contributed by atoms with Crippen LogP contribution in [0.3, 0.4) is 0 Å². The van der Waals surface area contributed by atoms with Crippen molar-refractivity contribution in [2.24, 2.45) is 0 Å². The lowest BCUT2D eigenvalue weighted by molar-refractivity contribution is 0.0936. The lowest BCUT2D eigenvalue weighted by Crippen LogP contribution is -2.27. The molecule has 0 saturated carbocycles. The Hall–Kier alpha value is -3.39. The van der Waals surface area contributed by atoms with Crippen LogP contribution in [0.25, 0.3) is 0 Å². The normalized spacial score (nSPS) is 15.2. The molecule has 1 atom stereocenters. The zero-order valence-electron chi connectivity index (χ0n) is 16.8. The molecule has 3 aromatic rings. The van der Waals surface area contributed by atoms with Crippen molar-refractivity contribution in [3.05, 3.63) is 89.2 Å². The second-order valence-electron chi connectivity index (χ2n) is 7.24. The summed E-state index contributed by atoms with van der Waals surface area (Å²) in [5, 5.41) is 2.92. The first kappa shape index (κ1) is 20.9. The van der Waals surface area contributed by atoms with Crippen molar-refractivity contribution in [3.8, 4) is 5.75 Å². The van der Waals surface area contributed by atoms with E-state index in [9.17, 15) is 17.6 Å². The SMILES string of the molecule is COc1ccc(NS(=O)(=O)c2cc(C(=O)NC3CCc4ccccc43)ccc2F)cc1. The van der Waals surface area contributed by atoms with Crippen molar-refractivity contribution in [1.29, 1.82) is 0 Å². The van der Waals surface area contributed by atoms with Crippen LogP contribution < -0.4 is 14.8 Å². The molecule has 8 heteroatoms. The van der Waals surface area contributed by atoms with Crippen molar-refractivity contribution in [2.45, 2.75) is 23.8 Å². The molecule has 31 heavy (non-hydrogen) atoms. The highest BCUT2D eigenvalue weighted by Gasteiger charge is 2.26. The fourth-order valence-corrected chi connectivity index (χ4v) is 4.83. The number of methoxy groups -OCH3 is 1. The molecule has 160 valence electrons. The molecule has 0 heterocycles. The summed E-state index contributed by atoms with van der Waals surface area (Å²) in [6.45, 7) is 0. The van der Waals surface area contributed by atoms with Crippen LogP contribution in [-0.4, -0.2) is 21.4 Å². The zero-order valence-corrected chi connectivity index (χ0v) is 17.6. The molecule has 6 nitrogen and oxygen atoms in total.